The lowest BCUT2D eigenvalue weighted by Gasteiger charge is -2.07. The summed E-state index contributed by atoms with van der Waals surface area (Å²) in [4.78, 5) is 12.7. The molecule has 0 radical (unpaired) electrons. The Morgan fingerprint density at radius 2 is 1.83 bits per heavy atom. The minimum atomic E-state index is -0.223. The summed E-state index contributed by atoms with van der Waals surface area (Å²) in [6.07, 6.45) is 1.22. The average molecular weight is 333 g/mol. The highest BCUT2D eigenvalue weighted by atomic mass is 32.2. The Bertz CT molecular complexity index is 590. The predicted octanol–water partition coefficient (Wildman–Crippen LogP) is 3.89. The molecule has 0 saturated heterocycles. The van der Waals surface area contributed by atoms with Crippen LogP contribution < -0.4 is 10.1 Å². The fraction of sp³-hybridized carbons (Fsp3) is 0.278. The molecule has 0 fully saturated rings. The first kappa shape index (κ1) is 17.3. The maximum absolute atomic E-state index is 12.8. The van der Waals surface area contributed by atoms with Gasteiger partial charge >= 0.3 is 0 Å². The summed E-state index contributed by atoms with van der Waals surface area (Å²) in [5.74, 6) is 1.43. The number of carbonyl (C=O) groups is 1. The summed E-state index contributed by atoms with van der Waals surface area (Å²) in [6, 6.07) is 15.9. The maximum Gasteiger partial charge on any atom is 0.223 e. The molecule has 0 aromatic heterocycles. The van der Waals surface area contributed by atoms with Crippen LogP contribution in [0, 0.1) is 5.82 Å². The molecule has 2 rings (SSSR count). The van der Waals surface area contributed by atoms with Crippen LogP contribution in [0.1, 0.15) is 12.8 Å². The first-order valence-electron chi connectivity index (χ1n) is 7.57. The number of amides is 1. The molecule has 0 aliphatic rings. The van der Waals surface area contributed by atoms with E-state index in [1.165, 1.54) is 12.1 Å². The quantitative estimate of drug-likeness (QED) is 0.559. The Morgan fingerprint density at radius 3 is 2.57 bits per heavy atom. The third kappa shape index (κ3) is 7.19. The van der Waals surface area contributed by atoms with E-state index in [-0.39, 0.29) is 11.7 Å². The van der Waals surface area contributed by atoms with Gasteiger partial charge in [0.05, 0.1) is 13.0 Å². The van der Waals surface area contributed by atoms with Crippen LogP contribution >= 0.6 is 11.8 Å². The molecule has 2 aromatic rings. The number of thioether (sulfide) groups is 1. The molecular weight excluding hydrogens is 313 g/mol. The third-order valence-corrected chi connectivity index (χ3v) is 4.17. The van der Waals surface area contributed by atoms with Gasteiger partial charge in [0.2, 0.25) is 5.91 Å². The minimum absolute atomic E-state index is 0.00675. The molecule has 0 unspecified atom stereocenters. The second kappa shape index (κ2) is 9.90. The summed E-state index contributed by atoms with van der Waals surface area (Å²) in [5.41, 5.74) is 0. The van der Waals surface area contributed by atoms with Crippen molar-refractivity contribution in [3.63, 3.8) is 0 Å². The number of ether oxygens (including phenoxy) is 1. The monoisotopic (exact) mass is 333 g/mol. The molecule has 0 bridgehead atoms. The van der Waals surface area contributed by atoms with Gasteiger partial charge in [-0.25, -0.2) is 4.39 Å². The van der Waals surface area contributed by atoms with Crippen LogP contribution in [0.15, 0.2) is 59.5 Å². The molecule has 0 aliphatic heterocycles. The molecule has 0 heterocycles. The molecular formula is C18H20FNO2S. The van der Waals surface area contributed by atoms with E-state index >= 15 is 0 Å². The maximum atomic E-state index is 12.8. The van der Waals surface area contributed by atoms with Crippen LogP contribution in [0.4, 0.5) is 4.39 Å². The smallest absolute Gasteiger partial charge is 0.223 e. The van der Waals surface area contributed by atoms with Crippen molar-refractivity contribution >= 4 is 17.7 Å². The van der Waals surface area contributed by atoms with Crippen LogP contribution in [0.5, 0.6) is 5.75 Å². The van der Waals surface area contributed by atoms with Crippen molar-refractivity contribution in [1.82, 2.24) is 5.32 Å². The highest BCUT2D eigenvalue weighted by Gasteiger charge is 2.01. The number of nitrogens with one attached hydrogen (secondary N) is 1. The Morgan fingerprint density at radius 1 is 1.09 bits per heavy atom. The Kier molecular flexibility index (Phi) is 7.46. The molecule has 0 saturated carbocycles. The number of benzene rings is 2. The van der Waals surface area contributed by atoms with Gasteiger partial charge in [-0.15, -0.1) is 11.8 Å². The van der Waals surface area contributed by atoms with Gasteiger partial charge in [-0.3, -0.25) is 4.79 Å². The van der Waals surface area contributed by atoms with Gasteiger partial charge in [-0.2, -0.15) is 0 Å². The zero-order valence-corrected chi connectivity index (χ0v) is 13.7. The molecule has 0 atom stereocenters. The molecule has 2 aromatic carbocycles. The van der Waals surface area contributed by atoms with E-state index in [0.29, 0.717) is 19.6 Å². The molecule has 0 aliphatic carbocycles. The van der Waals surface area contributed by atoms with Gasteiger partial charge in [-0.05, 0) is 48.6 Å². The van der Waals surface area contributed by atoms with Crippen LogP contribution in [0.25, 0.3) is 0 Å². The fourth-order valence-corrected chi connectivity index (χ4v) is 2.74. The lowest BCUT2D eigenvalue weighted by Crippen LogP contribution is -2.26. The molecule has 122 valence electrons. The van der Waals surface area contributed by atoms with Gasteiger partial charge in [0.25, 0.3) is 0 Å². The lowest BCUT2D eigenvalue weighted by atomic mass is 10.3. The van der Waals surface area contributed by atoms with Gasteiger partial charge in [-0.1, -0.05) is 18.2 Å². The van der Waals surface area contributed by atoms with Gasteiger partial charge in [0.1, 0.15) is 11.6 Å². The Hall–Kier alpha value is -2.01. The summed E-state index contributed by atoms with van der Waals surface area (Å²) in [6.45, 7) is 1.01. The first-order valence-corrected chi connectivity index (χ1v) is 8.55. The first-order chi connectivity index (χ1) is 11.2. The number of rotatable bonds is 9. The number of hydrogen-bond acceptors (Lipinski definition) is 3. The predicted molar refractivity (Wildman–Crippen MR) is 91.3 cm³/mol. The number of para-hydroxylation sites is 1. The summed E-state index contributed by atoms with van der Waals surface area (Å²) >= 11 is 1.65. The molecule has 0 spiro atoms. The van der Waals surface area contributed by atoms with E-state index in [1.807, 2.05) is 30.3 Å². The van der Waals surface area contributed by atoms with Crippen molar-refractivity contribution in [3.05, 3.63) is 60.4 Å². The van der Waals surface area contributed by atoms with E-state index in [4.69, 9.17) is 4.74 Å². The van der Waals surface area contributed by atoms with Crippen molar-refractivity contribution in [2.24, 2.45) is 0 Å². The topological polar surface area (TPSA) is 38.3 Å². The van der Waals surface area contributed by atoms with Crippen molar-refractivity contribution in [2.75, 3.05) is 18.9 Å². The minimum Gasteiger partial charge on any atom is -0.493 e. The van der Waals surface area contributed by atoms with E-state index in [2.05, 4.69) is 5.32 Å². The molecule has 5 heteroatoms. The second-order valence-corrected chi connectivity index (χ2v) is 6.09. The van der Waals surface area contributed by atoms with E-state index in [9.17, 15) is 9.18 Å². The lowest BCUT2D eigenvalue weighted by molar-refractivity contribution is -0.121. The van der Waals surface area contributed by atoms with Crippen LogP contribution in [0.3, 0.4) is 0 Å². The second-order valence-electron chi connectivity index (χ2n) is 4.92. The number of halogens is 1. The van der Waals surface area contributed by atoms with E-state index in [1.54, 1.807) is 23.9 Å². The molecule has 1 N–H and O–H groups in total. The standard InChI is InChI=1S/C18H20FNO2S/c19-15-7-9-17(10-8-15)23-14-4-12-20-18(21)11-13-22-16-5-2-1-3-6-16/h1-3,5-10H,4,11-14H2,(H,20,21). The van der Waals surface area contributed by atoms with Crippen molar-refractivity contribution < 1.29 is 13.9 Å². The summed E-state index contributed by atoms with van der Waals surface area (Å²) in [5, 5.41) is 2.87. The van der Waals surface area contributed by atoms with Crippen LogP contribution in [0.2, 0.25) is 0 Å². The number of carbonyl (C=O) groups excluding carboxylic acids is 1. The number of hydrogen-bond donors (Lipinski definition) is 1. The third-order valence-electron chi connectivity index (χ3n) is 3.07. The van der Waals surface area contributed by atoms with Crippen LogP contribution in [-0.2, 0) is 4.79 Å². The van der Waals surface area contributed by atoms with Crippen molar-refractivity contribution in [1.29, 1.82) is 0 Å². The van der Waals surface area contributed by atoms with Gasteiger partial charge < -0.3 is 10.1 Å². The van der Waals surface area contributed by atoms with Gasteiger partial charge in [0.15, 0.2) is 0 Å². The van der Waals surface area contributed by atoms with Gasteiger partial charge in [0, 0.05) is 11.4 Å². The Balaban J connectivity index is 1.50. The molecule has 1 amide bonds. The largest absolute Gasteiger partial charge is 0.493 e. The van der Waals surface area contributed by atoms with E-state index in [0.717, 1.165) is 22.8 Å². The highest BCUT2D eigenvalue weighted by Crippen LogP contribution is 2.18. The average Bonchev–Trinajstić information content (AvgIpc) is 2.57. The highest BCUT2D eigenvalue weighted by molar-refractivity contribution is 7.99. The summed E-state index contributed by atoms with van der Waals surface area (Å²) < 4.78 is 18.2. The normalized spacial score (nSPS) is 10.3. The summed E-state index contributed by atoms with van der Waals surface area (Å²) in [7, 11) is 0. The van der Waals surface area contributed by atoms with E-state index < -0.39 is 0 Å². The SMILES string of the molecule is O=C(CCOc1ccccc1)NCCCSc1ccc(F)cc1. The fourth-order valence-electron chi connectivity index (χ4n) is 1.89. The van der Waals surface area contributed by atoms with Crippen molar-refractivity contribution in [2.45, 2.75) is 17.7 Å². The molecule has 23 heavy (non-hydrogen) atoms. The zero-order chi connectivity index (χ0) is 16.3. The van der Waals surface area contributed by atoms with Crippen LogP contribution in [-0.4, -0.2) is 24.8 Å². The zero-order valence-electron chi connectivity index (χ0n) is 12.8. The Labute approximate surface area is 140 Å². The molecule has 3 nitrogen and oxygen atoms in total. The van der Waals surface area contributed by atoms with Crippen molar-refractivity contribution in [3.8, 4) is 5.75 Å².